The van der Waals surface area contributed by atoms with Gasteiger partial charge in [0.05, 0.1) is 7.11 Å². The van der Waals surface area contributed by atoms with Crippen molar-refractivity contribution in [2.45, 2.75) is 71.8 Å². The summed E-state index contributed by atoms with van der Waals surface area (Å²) in [4.78, 5) is 10.6. The summed E-state index contributed by atoms with van der Waals surface area (Å²) in [6, 6.07) is 10.2. The highest BCUT2D eigenvalue weighted by atomic mass is 28.4. The number of ether oxygens (including phenoxy) is 1. The predicted octanol–water partition coefficient (Wildman–Crippen LogP) is 7.47. The maximum Gasteiger partial charge on any atom is 0.188 e. The van der Waals surface area contributed by atoms with E-state index in [1.54, 1.807) is 12.1 Å². The van der Waals surface area contributed by atoms with Gasteiger partial charge < -0.3 is 9.53 Å². The van der Waals surface area contributed by atoms with Crippen molar-refractivity contribution in [2.24, 2.45) is 5.41 Å². The van der Waals surface area contributed by atoms with Gasteiger partial charge in [-0.05, 0) is 71.3 Å². The Morgan fingerprint density at radius 1 is 1.00 bits per heavy atom. The number of alkyl halides is 1. The summed E-state index contributed by atoms with van der Waals surface area (Å²) < 4.78 is 35.5. The highest BCUT2D eigenvalue weighted by Gasteiger charge is 2.37. The minimum atomic E-state index is -2.32. The third-order valence-corrected chi connectivity index (χ3v) is 9.87. The van der Waals surface area contributed by atoms with E-state index in [9.17, 15) is 9.19 Å². The summed E-state index contributed by atoms with van der Waals surface area (Å²) in [5.41, 5.74) is 1.75. The summed E-state index contributed by atoms with van der Waals surface area (Å²) in [5, 5.41) is -0.163. The van der Waals surface area contributed by atoms with Gasteiger partial charge in [0.25, 0.3) is 0 Å². The maximum atomic E-state index is 15.6. The lowest BCUT2D eigenvalue weighted by atomic mass is 9.81. The molecule has 0 saturated carbocycles. The molecule has 1 atom stereocenters. The van der Waals surface area contributed by atoms with Crippen molar-refractivity contribution in [3.05, 3.63) is 53.3 Å². The molecule has 0 aliphatic rings. The van der Waals surface area contributed by atoms with Gasteiger partial charge in [-0.2, -0.15) is 0 Å². The van der Waals surface area contributed by atoms with E-state index in [1.807, 2.05) is 52.1 Å². The van der Waals surface area contributed by atoms with E-state index < -0.39 is 25.7 Å². The molecule has 0 aromatic heterocycles. The zero-order chi connectivity index (χ0) is 22.9. The summed E-state index contributed by atoms with van der Waals surface area (Å²) in [5.74, 6) is 0.129. The van der Waals surface area contributed by atoms with Crippen LogP contribution in [-0.4, -0.2) is 20.2 Å². The average molecular weight is 435 g/mol. The van der Waals surface area contributed by atoms with Crippen LogP contribution in [0.3, 0.4) is 0 Å². The molecule has 0 aliphatic heterocycles. The Labute approximate surface area is 181 Å². The lowest BCUT2D eigenvalue weighted by Crippen LogP contribution is -2.39. The van der Waals surface area contributed by atoms with Gasteiger partial charge in [-0.1, -0.05) is 52.8 Å². The Morgan fingerprint density at radius 2 is 1.63 bits per heavy atom. The van der Waals surface area contributed by atoms with Gasteiger partial charge in [0.2, 0.25) is 0 Å². The molecule has 2 rings (SSSR count). The number of aryl methyl sites for hydroxylation is 1. The quantitative estimate of drug-likeness (QED) is 0.458. The minimum absolute atomic E-state index is 0.163. The maximum absolute atomic E-state index is 15.6. The lowest BCUT2D eigenvalue weighted by Gasteiger charge is -2.35. The molecule has 0 heterocycles. The van der Waals surface area contributed by atoms with E-state index in [2.05, 4.69) is 13.8 Å². The highest BCUT2D eigenvalue weighted by Crippen LogP contribution is 2.44. The molecule has 2 nitrogen and oxygen atoms in total. The fraction of sp³-hybridized carbons (Fsp3) is 0.520. The number of rotatable bonds is 7. The molecule has 1 unspecified atom stereocenters. The van der Waals surface area contributed by atoms with Gasteiger partial charge in [-0.15, -0.1) is 0 Å². The second-order valence-corrected chi connectivity index (χ2v) is 14.9. The fourth-order valence-corrected chi connectivity index (χ4v) is 4.03. The second-order valence-electron chi connectivity index (χ2n) is 10.4. The van der Waals surface area contributed by atoms with Gasteiger partial charge in [-0.3, -0.25) is 0 Å². The van der Waals surface area contributed by atoms with E-state index >= 15 is 4.39 Å². The molecule has 2 aromatic rings. The molecule has 0 fully saturated rings. The first-order valence-electron chi connectivity index (χ1n) is 10.5. The number of hydrogen-bond donors (Lipinski definition) is 1. The first-order valence-corrected chi connectivity index (χ1v) is 13.5. The summed E-state index contributed by atoms with van der Waals surface area (Å²) in [6.07, 6.45) is 0.283. The largest absolute Gasteiger partial charge is 0.497 e. The molecule has 1 N–H and O–H groups in total. The van der Waals surface area contributed by atoms with Crippen molar-refractivity contribution in [3.8, 4) is 16.9 Å². The summed E-state index contributed by atoms with van der Waals surface area (Å²) >= 11 is 0. The van der Waals surface area contributed by atoms with Crippen LogP contribution in [0.4, 0.5) is 8.78 Å². The number of methoxy groups -OCH3 is 1. The summed E-state index contributed by atoms with van der Waals surface area (Å²) in [6.45, 7) is 13.6. The smallest absolute Gasteiger partial charge is 0.188 e. The van der Waals surface area contributed by atoms with E-state index in [4.69, 9.17) is 4.74 Å². The van der Waals surface area contributed by atoms with Crippen LogP contribution in [0.5, 0.6) is 5.75 Å². The molecule has 30 heavy (non-hydrogen) atoms. The van der Waals surface area contributed by atoms with Crippen molar-refractivity contribution >= 4 is 8.32 Å². The molecule has 0 spiro atoms. The van der Waals surface area contributed by atoms with Crippen LogP contribution in [-0.2, 0) is 6.42 Å². The molecular formula is C25H36F2O2Si. The van der Waals surface area contributed by atoms with Crippen LogP contribution in [0.1, 0.15) is 58.3 Å². The Kier molecular flexibility index (Phi) is 7.20. The normalized spacial score (nSPS) is 14.0. The van der Waals surface area contributed by atoms with Crippen LogP contribution >= 0.6 is 0 Å². The molecule has 0 saturated heterocycles. The van der Waals surface area contributed by atoms with E-state index in [1.165, 1.54) is 13.2 Å². The Balaban J connectivity index is 2.52. The topological polar surface area (TPSA) is 29.5 Å². The zero-order valence-electron chi connectivity index (χ0n) is 19.6. The van der Waals surface area contributed by atoms with Crippen molar-refractivity contribution < 1.29 is 18.3 Å². The van der Waals surface area contributed by atoms with Crippen LogP contribution in [0, 0.1) is 11.2 Å². The van der Waals surface area contributed by atoms with Gasteiger partial charge in [0.15, 0.2) is 8.32 Å². The molecular weight excluding hydrogens is 398 g/mol. The molecule has 0 bridgehead atoms. The van der Waals surface area contributed by atoms with E-state index in [-0.39, 0.29) is 5.04 Å². The average Bonchev–Trinajstić information content (AvgIpc) is 2.64. The SMILES string of the molecule is COc1ccc(F)c(-c2ccc(CCC(C)(C)[Si](C)(C)O)cc2C(F)C(C)(C)C)c1. The van der Waals surface area contributed by atoms with Crippen molar-refractivity contribution in [1.82, 2.24) is 0 Å². The molecule has 0 aliphatic carbocycles. The van der Waals surface area contributed by atoms with Crippen LogP contribution in [0.25, 0.3) is 11.1 Å². The first kappa shape index (κ1) is 24.5. The molecule has 5 heteroatoms. The fourth-order valence-electron chi connectivity index (χ4n) is 3.29. The second kappa shape index (κ2) is 8.79. The molecule has 0 amide bonds. The third-order valence-electron chi connectivity index (χ3n) is 6.31. The number of halogens is 2. The van der Waals surface area contributed by atoms with Crippen molar-refractivity contribution in [1.29, 1.82) is 0 Å². The Bertz CT molecular complexity index is 880. The highest BCUT2D eigenvalue weighted by molar-refractivity contribution is 6.72. The zero-order valence-corrected chi connectivity index (χ0v) is 20.6. The minimum Gasteiger partial charge on any atom is -0.497 e. The third kappa shape index (κ3) is 5.49. The van der Waals surface area contributed by atoms with Gasteiger partial charge in [0, 0.05) is 5.56 Å². The van der Waals surface area contributed by atoms with Gasteiger partial charge >= 0.3 is 0 Å². The molecule has 2 aromatic carbocycles. The first-order chi connectivity index (χ1) is 13.7. The Morgan fingerprint density at radius 3 is 2.17 bits per heavy atom. The van der Waals surface area contributed by atoms with E-state index in [0.29, 0.717) is 22.4 Å². The monoisotopic (exact) mass is 434 g/mol. The standard InChI is InChI=1S/C25H36F2O2Si/c1-24(2,3)23(27)21-15-17(13-14-25(4,5)30(7,8)28)9-11-19(21)20-16-18(29-6)10-12-22(20)26/h9-12,15-16,23,28H,13-14H2,1-8H3. The van der Waals surface area contributed by atoms with Gasteiger partial charge in [-0.25, -0.2) is 8.78 Å². The summed E-state index contributed by atoms with van der Waals surface area (Å²) in [7, 11) is -0.794. The van der Waals surface area contributed by atoms with Crippen LogP contribution in [0.2, 0.25) is 18.1 Å². The molecule has 0 radical (unpaired) electrons. The van der Waals surface area contributed by atoms with E-state index in [0.717, 1.165) is 18.4 Å². The lowest BCUT2D eigenvalue weighted by molar-refractivity contribution is 0.165. The number of benzene rings is 2. The van der Waals surface area contributed by atoms with Gasteiger partial charge in [0.1, 0.15) is 17.7 Å². The van der Waals surface area contributed by atoms with Crippen molar-refractivity contribution in [3.63, 3.8) is 0 Å². The van der Waals surface area contributed by atoms with Crippen LogP contribution < -0.4 is 4.74 Å². The predicted molar refractivity (Wildman–Crippen MR) is 124 cm³/mol. The Hall–Kier alpha value is -1.72. The van der Waals surface area contributed by atoms with Crippen molar-refractivity contribution in [2.75, 3.05) is 7.11 Å². The number of hydrogen-bond acceptors (Lipinski definition) is 2. The molecule has 166 valence electrons. The van der Waals surface area contributed by atoms with Crippen LogP contribution in [0.15, 0.2) is 36.4 Å².